The van der Waals surface area contributed by atoms with Crippen LogP contribution < -0.4 is 11.1 Å². The highest BCUT2D eigenvalue weighted by atomic mass is 16.1. The van der Waals surface area contributed by atoms with Crippen LogP contribution in [-0.4, -0.2) is 23.5 Å². The molecule has 2 unspecified atom stereocenters. The van der Waals surface area contributed by atoms with Crippen LogP contribution in [0.3, 0.4) is 0 Å². The van der Waals surface area contributed by atoms with Crippen LogP contribution in [0.25, 0.3) is 10.9 Å². The smallest absolute Gasteiger partial charge is 0.223 e. The molecule has 4 heteroatoms. The third-order valence-electron chi connectivity index (χ3n) is 4.79. The number of amides is 1. The maximum Gasteiger partial charge on any atom is 0.223 e. The first-order valence-corrected chi connectivity index (χ1v) is 8.24. The molecule has 0 radical (unpaired) electrons. The van der Waals surface area contributed by atoms with E-state index >= 15 is 0 Å². The zero-order valence-corrected chi connectivity index (χ0v) is 13.2. The van der Waals surface area contributed by atoms with Gasteiger partial charge in [-0.3, -0.25) is 4.79 Å². The molecule has 1 amide bonds. The maximum absolute atomic E-state index is 12.2. The Balaban J connectivity index is 1.56. The number of fused-ring (bicyclic) bond motifs is 1. The molecular formula is C18H25N3O. The van der Waals surface area contributed by atoms with E-state index in [0.717, 1.165) is 32.1 Å². The van der Waals surface area contributed by atoms with Crippen LogP contribution in [0, 0.1) is 12.8 Å². The highest BCUT2D eigenvalue weighted by Gasteiger charge is 2.24. The summed E-state index contributed by atoms with van der Waals surface area (Å²) in [5, 5.41) is 4.34. The Morgan fingerprint density at radius 1 is 1.41 bits per heavy atom. The van der Waals surface area contributed by atoms with Gasteiger partial charge in [0.1, 0.15) is 0 Å². The topological polar surface area (TPSA) is 70.9 Å². The second-order valence-electron chi connectivity index (χ2n) is 6.48. The first kappa shape index (κ1) is 15.1. The van der Waals surface area contributed by atoms with Crippen LogP contribution >= 0.6 is 0 Å². The van der Waals surface area contributed by atoms with Crippen LogP contribution in [0.1, 0.15) is 36.8 Å². The molecule has 1 aromatic heterocycles. The minimum atomic E-state index is 0.106. The van der Waals surface area contributed by atoms with Crippen molar-refractivity contribution in [1.29, 1.82) is 0 Å². The van der Waals surface area contributed by atoms with Crippen molar-refractivity contribution in [2.24, 2.45) is 11.7 Å². The number of H-pyrrole nitrogens is 1. The summed E-state index contributed by atoms with van der Waals surface area (Å²) in [6.45, 7) is 2.79. The van der Waals surface area contributed by atoms with Crippen molar-refractivity contribution in [3.63, 3.8) is 0 Å². The summed E-state index contributed by atoms with van der Waals surface area (Å²) in [6.07, 6.45) is 6.84. The Morgan fingerprint density at radius 2 is 2.27 bits per heavy atom. The molecule has 118 valence electrons. The van der Waals surface area contributed by atoms with Gasteiger partial charge < -0.3 is 16.0 Å². The van der Waals surface area contributed by atoms with Crippen molar-refractivity contribution in [3.8, 4) is 0 Å². The van der Waals surface area contributed by atoms with Gasteiger partial charge in [-0.15, -0.1) is 0 Å². The molecule has 4 nitrogen and oxygen atoms in total. The van der Waals surface area contributed by atoms with Gasteiger partial charge in [0, 0.05) is 35.6 Å². The summed E-state index contributed by atoms with van der Waals surface area (Å²) in [4.78, 5) is 15.5. The van der Waals surface area contributed by atoms with E-state index in [0.29, 0.717) is 6.54 Å². The summed E-state index contributed by atoms with van der Waals surface area (Å²) in [6, 6.07) is 6.52. The molecule has 0 spiro atoms. The molecule has 1 aliphatic rings. The molecule has 1 aliphatic carbocycles. The third-order valence-corrected chi connectivity index (χ3v) is 4.79. The number of carbonyl (C=O) groups is 1. The van der Waals surface area contributed by atoms with Gasteiger partial charge in [0.2, 0.25) is 5.91 Å². The van der Waals surface area contributed by atoms with Crippen LogP contribution in [0.4, 0.5) is 0 Å². The summed E-state index contributed by atoms with van der Waals surface area (Å²) >= 11 is 0. The Hall–Kier alpha value is -1.81. The minimum Gasteiger partial charge on any atom is -0.361 e. The van der Waals surface area contributed by atoms with Crippen LogP contribution in [-0.2, 0) is 11.2 Å². The number of para-hydroxylation sites is 1. The van der Waals surface area contributed by atoms with Gasteiger partial charge in [-0.25, -0.2) is 0 Å². The number of hydrogen-bond donors (Lipinski definition) is 3. The lowest BCUT2D eigenvalue weighted by Crippen LogP contribution is -2.38. The molecule has 2 atom stereocenters. The lowest BCUT2D eigenvalue weighted by molar-refractivity contribution is -0.126. The molecule has 4 N–H and O–H groups in total. The molecule has 1 aromatic carbocycles. The number of carbonyl (C=O) groups excluding carboxylic acids is 1. The predicted octanol–water partition coefficient (Wildman–Crippen LogP) is 2.65. The van der Waals surface area contributed by atoms with Gasteiger partial charge in [0.15, 0.2) is 0 Å². The highest BCUT2D eigenvalue weighted by molar-refractivity contribution is 5.86. The van der Waals surface area contributed by atoms with E-state index in [1.165, 1.54) is 22.0 Å². The fourth-order valence-corrected chi connectivity index (χ4v) is 3.50. The quantitative estimate of drug-likeness (QED) is 0.812. The van der Waals surface area contributed by atoms with Crippen molar-refractivity contribution in [3.05, 3.63) is 35.5 Å². The predicted molar refractivity (Wildman–Crippen MR) is 89.7 cm³/mol. The number of rotatable bonds is 4. The molecule has 0 aliphatic heterocycles. The highest BCUT2D eigenvalue weighted by Crippen LogP contribution is 2.23. The van der Waals surface area contributed by atoms with Gasteiger partial charge in [-0.1, -0.05) is 24.6 Å². The molecular weight excluding hydrogens is 274 g/mol. The van der Waals surface area contributed by atoms with Crippen molar-refractivity contribution in [2.75, 3.05) is 6.54 Å². The van der Waals surface area contributed by atoms with E-state index < -0.39 is 0 Å². The van der Waals surface area contributed by atoms with Crippen LogP contribution in [0.15, 0.2) is 24.4 Å². The second-order valence-corrected chi connectivity index (χ2v) is 6.48. The van der Waals surface area contributed by atoms with Gasteiger partial charge in [0.25, 0.3) is 0 Å². The number of hydrogen-bond acceptors (Lipinski definition) is 2. The van der Waals surface area contributed by atoms with Crippen LogP contribution in [0.5, 0.6) is 0 Å². The van der Waals surface area contributed by atoms with Gasteiger partial charge in [-0.05, 0) is 43.7 Å². The number of aromatic amines is 1. The molecule has 22 heavy (non-hydrogen) atoms. The summed E-state index contributed by atoms with van der Waals surface area (Å²) in [7, 11) is 0. The van der Waals surface area contributed by atoms with Crippen molar-refractivity contribution < 1.29 is 4.79 Å². The second kappa shape index (κ2) is 6.53. The van der Waals surface area contributed by atoms with E-state index in [1.807, 2.05) is 0 Å². The first-order chi connectivity index (χ1) is 10.6. The zero-order valence-electron chi connectivity index (χ0n) is 13.2. The number of nitrogens with one attached hydrogen (secondary N) is 2. The summed E-state index contributed by atoms with van der Waals surface area (Å²) in [5.41, 5.74) is 9.67. The van der Waals surface area contributed by atoms with E-state index in [-0.39, 0.29) is 17.9 Å². The molecule has 1 saturated carbocycles. The summed E-state index contributed by atoms with van der Waals surface area (Å²) < 4.78 is 0. The molecule has 2 aromatic rings. The zero-order chi connectivity index (χ0) is 15.5. The van der Waals surface area contributed by atoms with Gasteiger partial charge in [-0.2, -0.15) is 0 Å². The average molecular weight is 299 g/mol. The van der Waals surface area contributed by atoms with Crippen LogP contribution in [0.2, 0.25) is 0 Å². The Bertz CT molecular complexity index is 661. The fourth-order valence-electron chi connectivity index (χ4n) is 3.50. The number of aryl methyl sites for hydroxylation is 1. The molecule has 0 bridgehead atoms. The first-order valence-electron chi connectivity index (χ1n) is 8.24. The Labute approximate surface area is 131 Å². The van der Waals surface area contributed by atoms with Crippen molar-refractivity contribution in [2.45, 2.75) is 45.1 Å². The maximum atomic E-state index is 12.2. The van der Waals surface area contributed by atoms with E-state index in [2.05, 4.69) is 41.6 Å². The van der Waals surface area contributed by atoms with E-state index in [9.17, 15) is 4.79 Å². The van der Waals surface area contributed by atoms with E-state index in [4.69, 9.17) is 5.73 Å². The van der Waals surface area contributed by atoms with E-state index in [1.54, 1.807) is 0 Å². The number of aromatic nitrogens is 1. The van der Waals surface area contributed by atoms with Gasteiger partial charge in [0.05, 0.1) is 0 Å². The average Bonchev–Trinajstić information content (AvgIpc) is 2.92. The third kappa shape index (κ3) is 3.17. The monoisotopic (exact) mass is 299 g/mol. The lowest BCUT2D eigenvalue weighted by Gasteiger charge is -2.25. The lowest BCUT2D eigenvalue weighted by atomic mass is 9.85. The summed E-state index contributed by atoms with van der Waals surface area (Å²) in [5.74, 6) is 0.278. The van der Waals surface area contributed by atoms with Gasteiger partial charge >= 0.3 is 0 Å². The number of nitrogens with two attached hydrogens (primary N) is 1. The standard InChI is InChI=1S/C18H25N3O/c1-12-4-2-7-16-14(11-21-17(12)16)8-9-20-18(22)13-5-3-6-15(19)10-13/h2,4,7,11,13,15,21H,3,5-6,8-10,19H2,1H3,(H,20,22). The Kier molecular flexibility index (Phi) is 4.48. The SMILES string of the molecule is Cc1cccc2c(CCNC(=O)C3CCCC(N)C3)c[nH]c12. The normalized spacial score (nSPS) is 21.9. The molecule has 1 fully saturated rings. The molecule has 0 saturated heterocycles. The number of benzene rings is 1. The fraction of sp³-hybridized carbons (Fsp3) is 0.500. The van der Waals surface area contributed by atoms with Crippen molar-refractivity contribution in [1.82, 2.24) is 10.3 Å². The molecule has 1 heterocycles. The largest absolute Gasteiger partial charge is 0.361 e. The van der Waals surface area contributed by atoms with Crippen molar-refractivity contribution >= 4 is 16.8 Å². The molecule has 3 rings (SSSR count). The Morgan fingerprint density at radius 3 is 3.09 bits per heavy atom. The minimum absolute atomic E-state index is 0.106.